The summed E-state index contributed by atoms with van der Waals surface area (Å²) in [6, 6.07) is 3.92. The SMILES string of the molecule is Fc1cccc(Cn2ncc3cnc(Nc4cnn(CC(F)F)c4)nc32)c1F. The van der Waals surface area contributed by atoms with E-state index in [0.717, 1.165) is 10.7 Å². The first kappa shape index (κ1) is 17.9. The fraction of sp³-hybridized carbons (Fsp3) is 0.176. The molecule has 0 bridgehead atoms. The Labute approximate surface area is 155 Å². The predicted octanol–water partition coefficient (Wildman–Crippen LogP) is 3.36. The van der Waals surface area contributed by atoms with Gasteiger partial charge in [0.2, 0.25) is 5.95 Å². The highest BCUT2D eigenvalue weighted by Crippen LogP contribution is 2.19. The third-order valence-corrected chi connectivity index (χ3v) is 3.94. The van der Waals surface area contributed by atoms with Crippen molar-refractivity contribution in [1.82, 2.24) is 29.5 Å². The molecular formula is C17H13F4N7. The maximum atomic E-state index is 13.9. The molecule has 0 aliphatic rings. The van der Waals surface area contributed by atoms with Crippen LogP contribution in [0.15, 0.2) is 43.0 Å². The molecule has 4 aromatic rings. The van der Waals surface area contributed by atoms with Crippen LogP contribution in [0.2, 0.25) is 0 Å². The third-order valence-electron chi connectivity index (χ3n) is 3.94. The Morgan fingerprint density at radius 1 is 1.07 bits per heavy atom. The number of hydrogen-bond donors (Lipinski definition) is 1. The maximum Gasteiger partial charge on any atom is 0.257 e. The molecule has 0 fully saturated rings. The number of fused-ring (bicyclic) bond motifs is 1. The normalized spacial score (nSPS) is 11.5. The van der Waals surface area contributed by atoms with Crippen LogP contribution in [0.25, 0.3) is 11.0 Å². The smallest absolute Gasteiger partial charge is 0.257 e. The largest absolute Gasteiger partial charge is 0.321 e. The molecule has 0 saturated carbocycles. The van der Waals surface area contributed by atoms with Gasteiger partial charge in [0.15, 0.2) is 17.3 Å². The molecule has 3 heterocycles. The van der Waals surface area contributed by atoms with Crippen LogP contribution in [0.3, 0.4) is 0 Å². The number of rotatable bonds is 6. The van der Waals surface area contributed by atoms with Gasteiger partial charge in [0.25, 0.3) is 6.43 Å². The number of halogens is 4. The van der Waals surface area contributed by atoms with Gasteiger partial charge in [-0.15, -0.1) is 0 Å². The summed E-state index contributed by atoms with van der Waals surface area (Å²) in [4.78, 5) is 8.46. The summed E-state index contributed by atoms with van der Waals surface area (Å²) >= 11 is 0. The second kappa shape index (κ2) is 7.25. The highest BCUT2D eigenvalue weighted by molar-refractivity contribution is 5.75. The van der Waals surface area contributed by atoms with E-state index in [4.69, 9.17) is 0 Å². The van der Waals surface area contributed by atoms with E-state index in [2.05, 4.69) is 25.5 Å². The molecule has 0 aliphatic heterocycles. The van der Waals surface area contributed by atoms with Crippen molar-refractivity contribution in [3.63, 3.8) is 0 Å². The van der Waals surface area contributed by atoms with Gasteiger partial charge in [-0.05, 0) is 6.07 Å². The molecule has 0 unspecified atom stereocenters. The fourth-order valence-electron chi connectivity index (χ4n) is 2.67. The van der Waals surface area contributed by atoms with Gasteiger partial charge in [-0.3, -0.25) is 4.68 Å². The standard InChI is InChI=1S/C17H13F4N7/c18-13-3-1-2-10(15(13)21)7-28-16-11(5-24-28)4-22-17(26-16)25-12-6-23-27(8-12)9-14(19)20/h1-6,8,14H,7,9H2,(H,22,25,26). The number of hydrogen-bond acceptors (Lipinski definition) is 5. The van der Waals surface area contributed by atoms with Gasteiger partial charge in [0.05, 0.1) is 30.0 Å². The Morgan fingerprint density at radius 3 is 2.75 bits per heavy atom. The summed E-state index contributed by atoms with van der Waals surface area (Å²) in [5.74, 6) is -1.69. The van der Waals surface area contributed by atoms with E-state index in [0.29, 0.717) is 16.7 Å². The Bertz CT molecular complexity index is 1120. The summed E-state index contributed by atoms with van der Waals surface area (Å²) in [6.07, 6.45) is 3.28. The lowest BCUT2D eigenvalue weighted by molar-refractivity contribution is 0.122. The minimum atomic E-state index is -2.52. The van der Waals surface area contributed by atoms with Crippen molar-refractivity contribution in [2.75, 3.05) is 5.32 Å². The highest BCUT2D eigenvalue weighted by atomic mass is 19.3. The van der Waals surface area contributed by atoms with E-state index in [9.17, 15) is 17.6 Å². The molecule has 0 radical (unpaired) electrons. The van der Waals surface area contributed by atoms with Crippen molar-refractivity contribution in [2.24, 2.45) is 0 Å². The second-order valence-electron chi connectivity index (χ2n) is 5.95. The Hall–Kier alpha value is -3.50. The van der Waals surface area contributed by atoms with Crippen molar-refractivity contribution in [1.29, 1.82) is 0 Å². The van der Waals surface area contributed by atoms with Gasteiger partial charge in [-0.2, -0.15) is 15.2 Å². The Balaban J connectivity index is 1.59. The van der Waals surface area contributed by atoms with Crippen LogP contribution in [0.1, 0.15) is 5.56 Å². The number of nitrogens with one attached hydrogen (secondary N) is 1. The zero-order valence-electron chi connectivity index (χ0n) is 14.2. The average Bonchev–Trinajstić information content (AvgIpc) is 3.25. The van der Waals surface area contributed by atoms with Gasteiger partial charge in [-0.25, -0.2) is 27.2 Å². The molecule has 0 atom stereocenters. The first-order chi connectivity index (χ1) is 13.5. The van der Waals surface area contributed by atoms with Crippen LogP contribution >= 0.6 is 0 Å². The molecule has 1 aromatic carbocycles. The molecule has 7 nitrogen and oxygen atoms in total. The van der Waals surface area contributed by atoms with Gasteiger partial charge < -0.3 is 5.32 Å². The van der Waals surface area contributed by atoms with E-state index >= 15 is 0 Å². The van der Waals surface area contributed by atoms with E-state index < -0.39 is 24.6 Å². The number of aromatic nitrogens is 6. The van der Waals surface area contributed by atoms with Crippen LogP contribution in [-0.2, 0) is 13.1 Å². The van der Waals surface area contributed by atoms with Crippen molar-refractivity contribution in [2.45, 2.75) is 19.5 Å². The molecule has 0 spiro atoms. The lowest BCUT2D eigenvalue weighted by Crippen LogP contribution is -2.07. The van der Waals surface area contributed by atoms with Gasteiger partial charge >= 0.3 is 0 Å². The molecule has 1 N–H and O–H groups in total. The number of benzene rings is 1. The van der Waals surface area contributed by atoms with Crippen LogP contribution in [0, 0.1) is 11.6 Å². The van der Waals surface area contributed by atoms with Crippen molar-refractivity contribution >= 4 is 22.7 Å². The number of alkyl halides is 2. The first-order valence-corrected chi connectivity index (χ1v) is 8.18. The van der Waals surface area contributed by atoms with E-state index in [1.165, 1.54) is 41.6 Å². The molecule has 28 heavy (non-hydrogen) atoms. The van der Waals surface area contributed by atoms with Crippen LogP contribution in [0.5, 0.6) is 0 Å². The second-order valence-corrected chi connectivity index (χ2v) is 5.95. The van der Waals surface area contributed by atoms with Gasteiger partial charge in [0, 0.05) is 18.0 Å². The van der Waals surface area contributed by atoms with Crippen molar-refractivity contribution < 1.29 is 17.6 Å². The van der Waals surface area contributed by atoms with E-state index in [1.807, 2.05) is 0 Å². The Morgan fingerprint density at radius 2 is 1.93 bits per heavy atom. The highest BCUT2D eigenvalue weighted by Gasteiger charge is 2.13. The predicted molar refractivity (Wildman–Crippen MR) is 92.3 cm³/mol. The molecular weight excluding hydrogens is 378 g/mol. The third kappa shape index (κ3) is 3.63. The zero-order chi connectivity index (χ0) is 19.7. The van der Waals surface area contributed by atoms with Crippen molar-refractivity contribution in [3.05, 3.63) is 60.2 Å². The van der Waals surface area contributed by atoms with Crippen LogP contribution < -0.4 is 5.32 Å². The lowest BCUT2D eigenvalue weighted by atomic mass is 10.2. The molecule has 4 rings (SSSR count). The summed E-state index contributed by atoms with van der Waals surface area (Å²) in [7, 11) is 0. The Kier molecular flexibility index (Phi) is 4.63. The van der Waals surface area contributed by atoms with Crippen molar-refractivity contribution in [3.8, 4) is 0 Å². The molecule has 144 valence electrons. The molecule has 0 saturated heterocycles. The maximum absolute atomic E-state index is 13.9. The van der Waals surface area contributed by atoms with Crippen LogP contribution in [0.4, 0.5) is 29.2 Å². The van der Waals surface area contributed by atoms with Gasteiger partial charge in [-0.1, -0.05) is 12.1 Å². The lowest BCUT2D eigenvalue weighted by Gasteiger charge is -2.06. The molecule has 3 aromatic heterocycles. The fourth-order valence-corrected chi connectivity index (χ4v) is 2.67. The van der Waals surface area contributed by atoms with Crippen LogP contribution in [-0.4, -0.2) is 36.0 Å². The van der Waals surface area contributed by atoms with Gasteiger partial charge in [0.1, 0.15) is 6.54 Å². The summed E-state index contributed by atoms with van der Waals surface area (Å²) in [6.45, 7) is -0.538. The van der Waals surface area contributed by atoms with E-state index in [-0.39, 0.29) is 18.1 Å². The number of nitrogens with zero attached hydrogens (tertiary/aromatic N) is 6. The summed E-state index contributed by atoms with van der Waals surface area (Å²) in [5.41, 5.74) is 0.967. The minimum absolute atomic E-state index is 0.0180. The number of anilines is 2. The molecule has 11 heteroatoms. The van der Waals surface area contributed by atoms with E-state index in [1.54, 1.807) is 0 Å². The summed E-state index contributed by atoms with van der Waals surface area (Å²) < 4.78 is 54.7. The topological polar surface area (TPSA) is 73.5 Å². The molecule has 0 amide bonds. The molecule has 0 aliphatic carbocycles. The minimum Gasteiger partial charge on any atom is -0.321 e. The first-order valence-electron chi connectivity index (χ1n) is 8.18. The summed E-state index contributed by atoms with van der Waals surface area (Å²) in [5, 5.41) is 11.4. The quantitative estimate of drug-likeness (QED) is 0.511. The average molecular weight is 391 g/mol. The zero-order valence-corrected chi connectivity index (χ0v) is 14.2. The monoisotopic (exact) mass is 391 g/mol.